The maximum absolute atomic E-state index is 12.4. The smallest absolute Gasteiger partial charge is 0.271 e. The van der Waals surface area contributed by atoms with Gasteiger partial charge in [-0.1, -0.05) is 61.0 Å². The highest BCUT2D eigenvalue weighted by Gasteiger charge is 2.13. The van der Waals surface area contributed by atoms with Crippen LogP contribution in [-0.2, 0) is 6.61 Å². The van der Waals surface area contributed by atoms with Crippen molar-refractivity contribution in [2.75, 3.05) is 13.2 Å². The fourth-order valence-corrected chi connectivity index (χ4v) is 4.06. The second kappa shape index (κ2) is 12.8. The van der Waals surface area contributed by atoms with Crippen LogP contribution in [0.1, 0.15) is 41.8 Å². The average molecular weight is 517 g/mol. The van der Waals surface area contributed by atoms with Gasteiger partial charge in [0.25, 0.3) is 5.91 Å². The first-order valence-corrected chi connectivity index (χ1v) is 12.6. The van der Waals surface area contributed by atoms with Gasteiger partial charge in [0.05, 0.1) is 24.5 Å². The van der Waals surface area contributed by atoms with Crippen molar-refractivity contribution in [1.29, 1.82) is 0 Å². The molecule has 4 aromatic rings. The van der Waals surface area contributed by atoms with E-state index in [4.69, 9.17) is 25.8 Å². The van der Waals surface area contributed by atoms with Crippen molar-refractivity contribution in [2.24, 2.45) is 5.10 Å². The van der Waals surface area contributed by atoms with Gasteiger partial charge < -0.3 is 14.2 Å². The van der Waals surface area contributed by atoms with Crippen LogP contribution >= 0.6 is 11.6 Å². The van der Waals surface area contributed by atoms with Gasteiger partial charge in [0.1, 0.15) is 12.4 Å². The van der Waals surface area contributed by atoms with E-state index in [-0.39, 0.29) is 5.91 Å². The minimum absolute atomic E-state index is 0.329. The summed E-state index contributed by atoms with van der Waals surface area (Å²) in [4.78, 5) is 12.4. The predicted molar refractivity (Wildman–Crippen MR) is 148 cm³/mol. The van der Waals surface area contributed by atoms with E-state index in [0.717, 1.165) is 28.5 Å². The molecule has 0 saturated heterocycles. The van der Waals surface area contributed by atoms with Crippen LogP contribution in [0.25, 0.3) is 10.8 Å². The molecule has 4 aromatic carbocycles. The molecule has 0 aliphatic carbocycles. The molecule has 0 atom stereocenters. The number of carbonyl (C=O) groups excluding carboxylic acids is 1. The van der Waals surface area contributed by atoms with Gasteiger partial charge in [-0.25, -0.2) is 5.43 Å². The fraction of sp³-hybridized carbons (Fsp3) is 0.200. The summed E-state index contributed by atoms with van der Waals surface area (Å²) >= 11 is 6.58. The van der Waals surface area contributed by atoms with Crippen LogP contribution in [0.15, 0.2) is 84.0 Å². The summed E-state index contributed by atoms with van der Waals surface area (Å²) in [6, 6.07) is 24.7. The molecular formula is C30H29ClN2O4. The third-order valence-corrected chi connectivity index (χ3v) is 5.83. The predicted octanol–water partition coefficient (Wildman–Crippen LogP) is 7.02. The number of fused-ring (bicyclic) bond motifs is 1. The van der Waals surface area contributed by atoms with E-state index < -0.39 is 0 Å². The monoisotopic (exact) mass is 516 g/mol. The van der Waals surface area contributed by atoms with Crippen molar-refractivity contribution in [3.05, 3.63) is 101 Å². The number of halogens is 1. The zero-order chi connectivity index (χ0) is 26.0. The van der Waals surface area contributed by atoms with Crippen molar-refractivity contribution in [3.8, 4) is 17.2 Å². The van der Waals surface area contributed by atoms with Crippen LogP contribution in [0.4, 0.5) is 0 Å². The van der Waals surface area contributed by atoms with Gasteiger partial charge in [0.15, 0.2) is 11.5 Å². The topological polar surface area (TPSA) is 69.2 Å². The van der Waals surface area contributed by atoms with E-state index in [1.165, 1.54) is 6.21 Å². The van der Waals surface area contributed by atoms with Crippen LogP contribution in [-0.4, -0.2) is 25.3 Å². The van der Waals surface area contributed by atoms with Gasteiger partial charge in [-0.15, -0.1) is 0 Å². The summed E-state index contributed by atoms with van der Waals surface area (Å²) in [5, 5.41) is 6.74. The molecule has 6 nitrogen and oxygen atoms in total. The first-order valence-electron chi connectivity index (χ1n) is 12.2. The largest absolute Gasteiger partial charge is 0.494 e. The SMILES string of the molecule is CCCOc1ccc(C(=O)N/N=C\c2cc(Cl)c(OCc3cccc4ccccc34)c(OCC)c2)cc1. The molecule has 0 unspecified atom stereocenters. The van der Waals surface area contributed by atoms with Crippen LogP contribution in [0.5, 0.6) is 17.2 Å². The summed E-state index contributed by atoms with van der Waals surface area (Å²) in [6.45, 7) is 5.34. The van der Waals surface area contributed by atoms with Gasteiger partial charge >= 0.3 is 0 Å². The molecule has 4 rings (SSSR count). The molecule has 0 aliphatic rings. The molecule has 0 aliphatic heterocycles. The van der Waals surface area contributed by atoms with Gasteiger partial charge in [0, 0.05) is 5.56 Å². The molecule has 7 heteroatoms. The Labute approximate surface area is 221 Å². The molecule has 0 fully saturated rings. The first-order chi connectivity index (χ1) is 18.1. The molecule has 0 radical (unpaired) electrons. The lowest BCUT2D eigenvalue weighted by atomic mass is 10.1. The van der Waals surface area contributed by atoms with Gasteiger partial charge in [-0.2, -0.15) is 5.10 Å². The molecule has 1 N–H and O–H groups in total. The minimum atomic E-state index is -0.329. The number of ether oxygens (including phenoxy) is 3. The number of benzene rings is 4. The number of hydrogen-bond donors (Lipinski definition) is 1. The number of hydrogen-bond acceptors (Lipinski definition) is 5. The molecule has 0 spiro atoms. The lowest BCUT2D eigenvalue weighted by Gasteiger charge is -2.15. The molecule has 0 heterocycles. The third-order valence-electron chi connectivity index (χ3n) is 5.55. The Hall–Kier alpha value is -4.03. The second-order valence-electron chi connectivity index (χ2n) is 8.26. The molecule has 190 valence electrons. The van der Waals surface area contributed by atoms with E-state index in [0.29, 0.717) is 47.5 Å². The fourth-order valence-electron chi connectivity index (χ4n) is 3.79. The van der Waals surface area contributed by atoms with Crippen LogP contribution in [0.3, 0.4) is 0 Å². The number of carbonyl (C=O) groups is 1. The number of rotatable bonds is 11. The molecule has 0 aromatic heterocycles. The lowest BCUT2D eigenvalue weighted by Crippen LogP contribution is -2.17. The quantitative estimate of drug-likeness (QED) is 0.172. The zero-order valence-corrected chi connectivity index (χ0v) is 21.6. The highest BCUT2D eigenvalue weighted by molar-refractivity contribution is 6.32. The van der Waals surface area contributed by atoms with Gasteiger partial charge in [-0.05, 0) is 71.6 Å². The van der Waals surface area contributed by atoms with Crippen LogP contribution in [0.2, 0.25) is 5.02 Å². The Morgan fingerprint density at radius 3 is 2.51 bits per heavy atom. The second-order valence-corrected chi connectivity index (χ2v) is 8.67. The van der Waals surface area contributed by atoms with Crippen molar-refractivity contribution >= 4 is 34.5 Å². The standard InChI is InChI=1S/C30H29ClN2O4/c1-3-16-36-25-14-12-23(13-15-25)30(34)33-32-19-21-17-27(31)29(28(18-21)35-4-2)37-20-24-10-7-9-22-8-5-6-11-26(22)24/h5-15,17-19H,3-4,16,20H2,1-2H3,(H,33,34)/b32-19-. The Kier molecular flexibility index (Phi) is 9.00. The molecule has 37 heavy (non-hydrogen) atoms. The normalized spacial score (nSPS) is 11.0. The number of nitrogens with one attached hydrogen (secondary N) is 1. The summed E-state index contributed by atoms with van der Waals surface area (Å²) in [7, 11) is 0. The Bertz CT molecular complexity index is 1380. The maximum Gasteiger partial charge on any atom is 0.271 e. The van der Waals surface area contributed by atoms with Crippen molar-refractivity contribution in [3.63, 3.8) is 0 Å². The minimum Gasteiger partial charge on any atom is -0.494 e. The Morgan fingerprint density at radius 2 is 1.73 bits per heavy atom. The summed E-state index contributed by atoms with van der Waals surface area (Å²) in [5.74, 6) is 1.36. The number of amides is 1. The zero-order valence-electron chi connectivity index (χ0n) is 20.9. The van der Waals surface area contributed by atoms with E-state index in [9.17, 15) is 4.79 Å². The molecule has 1 amide bonds. The van der Waals surface area contributed by atoms with Crippen molar-refractivity contribution < 1.29 is 19.0 Å². The van der Waals surface area contributed by atoms with Crippen molar-refractivity contribution in [2.45, 2.75) is 26.9 Å². The highest BCUT2D eigenvalue weighted by Crippen LogP contribution is 2.37. The van der Waals surface area contributed by atoms with Crippen molar-refractivity contribution in [1.82, 2.24) is 5.43 Å². The first kappa shape index (κ1) is 26.0. The van der Waals surface area contributed by atoms with E-state index in [1.54, 1.807) is 36.4 Å². The molecular weight excluding hydrogens is 488 g/mol. The van der Waals surface area contributed by atoms with E-state index >= 15 is 0 Å². The summed E-state index contributed by atoms with van der Waals surface area (Å²) in [5.41, 5.74) is 4.72. The third kappa shape index (κ3) is 6.80. The number of hydrazone groups is 1. The van der Waals surface area contributed by atoms with E-state index in [2.05, 4.69) is 28.7 Å². The Balaban J connectivity index is 1.44. The average Bonchev–Trinajstić information content (AvgIpc) is 2.92. The van der Waals surface area contributed by atoms with Crippen LogP contribution in [0, 0.1) is 0 Å². The van der Waals surface area contributed by atoms with E-state index in [1.807, 2.05) is 38.1 Å². The molecule has 0 saturated carbocycles. The summed E-state index contributed by atoms with van der Waals surface area (Å²) < 4.78 is 17.5. The van der Waals surface area contributed by atoms with Gasteiger partial charge in [0.2, 0.25) is 0 Å². The van der Waals surface area contributed by atoms with Crippen LogP contribution < -0.4 is 19.6 Å². The van der Waals surface area contributed by atoms with Gasteiger partial charge in [-0.3, -0.25) is 4.79 Å². The maximum atomic E-state index is 12.4. The summed E-state index contributed by atoms with van der Waals surface area (Å²) in [6.07, 6.45) is 2.43. The highest BCUT2D eigenvalue weighted by atomic mass is 35.5. The Morgan fingerprint density at radius 1 is 0.946 bits per heavy atom. The lowest BCUT2D eigenvalue weighted by molar-refractivity contribution is 0.0955. The number of nitrogens with zero attached hydrogens (tertiary/aromatic N) is 1. The molecule has 0 bridgehead atoms.